The van der Waals surface area contributed by atoms with Gasteiger partial charge in [0, 0.05) is 15.6 Å². The van der Waals surface area contributed by atoms with E-state index in [1.165, 1.54) is 0 Å². The maximum absolute atomic E-state index is 8.79. The average Bonchev–Trinajstić information content (AvgIpc) is 2.83. The zero-order valence-electron chi connectivity index (χ0n) is 6.71. The first kappa shape index (κ1) is 9.28. The predicted octanol–water partition coefficient (Wildman–Crippen LogP) is 2.43. The molecule has 2 rings (SSSR count). The first-order chi connectivity index (χ1) is 6.22. The summed E-state index contributed by atoms with van der Waals surface area (Å²) in [4.78, 5) is 0. The van der Waals surface area contributed by atoms with Gasteiger partial charge in [-0.05, 0) is 12.1 Å². The normalized spacial score (nSPS) is 26.1. The predicted molar refractivity (Wildman–Crippen MR) is 51.2 cm³/mol. The lowest BCUT2D eigenvalue weighted by atomic mass is 10.1. The first-order valence-corrected chi connectivity index (χ1v) is 4.69. The van der Waals surface area contributed by atoms with Crippen molar-refractivity contribution in [3.05, 3.63) is 33.8 Å². The van der Waals surface area contributed by atoms with Gasteiger partial charge in [0.2, 0.25) is 0 Å². The lowest BCUT2D eigenvalue weighted by Crippen LogP contribution is -1.94. The van der Waals surface area contributed by atoms with Crippen molar-refractivity contribution in [3.8, 4) is 0 Å². The molecule has 70 valence electrons. The Labute approximate surface area is 86.0 Å². The summed E-state index contributed by atoms with van der Waals surface area (Å²) in [7, 11) is 0. The van der Waals surface area contributed by atoms with Crippen LogP contribution in [0.4, 0.5) is 0 Å². The number of epoxide rings is 1. The lowest BCUT2D eigenvalue weighted by molar-refractivity contribution is 0.242. The second-order valence-corrected chi connectivity index (χ2v) is 3.79. The van der Waals surface area contributed by atoms with Crippen molar-refractivity contribution in [1.29, 1.82) is 0 Å². The molecule has 0 spiro atoms. The van der Waals surface area contributed by atoms with E-state index in [1.807, 2.05) is 6.07 Å². The van der Waals surface area contributed by atoms with Gasteiger partial charge in [-0.25, -0.2) is 0 Å². The first-order valence-electron chi connectivity index (χ1n) is 3.93. The Morgan fingerprint density at radius 1 is 1.38 bits per heavy atom. The summed E-state index contributed by atoms with van der Waals surface area (Å²) in [5.74, 6) is 0. The third-order valence-corrected chi connectivity index (χ3v) is 2.59. The summed E-state index contributed by atoms with van der Waals surface area (Å²) in [6, 6.07) is 5.26. The summed E-state index contributed by atoms with van der Waals surface area (Å²) < 4.78 is 5.20. The minimum Gasteiger partial charge on any atom is -0.394 e. The number of ether oxygens (including phenoxy) is 1. The smallest absolute Gasteiger partial charge is 0.113 e. The molecule has 4 heteroatoms. The molecule has 2 nitrogen and oxygen atoms in total. The molecule has 0 amide bonds. The van der Waals surface area contributed by atoms with Crippen LogP contribution in [0.15, 0.2) is 18.2 Å². The molecule has 1 fully saturated rings. The van der Waals surface area contributed by atoms with E-state index in [9.17, 15) is 0 Å². The molecule has 0 bridgehead atoms. The van der Waals surface area contributed by atoms with E-state index in [0.29, 0.717) is 10.0 Å². The van der Waals surface area contributed by atoms with Gasteiger partial charge in [0.05, 0.1) is 6.61 Å². The van der Waals surface area contributed by atoms with Crippen molar-refractivity contribution in [2.24, 2.45) is 0 Å². The Balaban J connectivity index is 2.22. The van der Waals surface area contributed by atoms with E-state index >= 15 is 0 Å². The molecular formula is C9H8Cl2O2. The van der Waals surface area contributed by atoms with Crippen LogP contribution in [0.1, 0.15) is 11.7 Å². The highest BCUT2D eigenvalue weighted by Gasteiger charge is 2.40. The highest BCUT2D eigenvalue weighted by atomic mass is 35.5. The summed E-state index contributed by atoms with van der Waals surface area (Å²) in [5, 5.41) is 9.99. The maximum atomic E-state index is 8.79. The summed E-state index contributed by atoms with van der Waals surface area (Å²) in [6.45, 7) is 0.0314. The fraction of sp³-hybridized carbons (Fsp3) is 0.333. The zero-order chi connectivity index (χ0) is 9.42. The highest BCUT2D eigenvalue weighted by molar-refractivity contribution is 6.35. The topological polar surface area (TPSA) is 32.8 Å². The molecule has 0 aliphatic carbocycles. The minimum atomic E-state index is -0.0984. The van der Waals surface area contributed by atoms with Crippen LogP contribution in [0.3, 0.4) is 0 Å². The molecule has 1 saturated heterocycles. The van der Waals surface area contributed by atoms with Crippen molar-refractivity contribution >= 4 is 23.2 Å². The fourth-order valence-electron chi connectivity index (χ4n) is 1.29. The van der Waals surface area contributed by atoms with Crippen LogP contribution in [-0.4, -0.2) is 17.8 Å². The van der Waals surface area contributed by atoms with Gasteiger partial charge in [-0.3, -0.25) is 0 Å². The molecule has 0 saturated carbocycles. The molecule has 1 N–H and O–H groups in total. The molecule has 2 atom stereocenters. The van der Waals surface area contributed by atoms with Gasteiger partial charge < -0.3 is 9.84 Å². The largest absolute Gasteiger partial charge is 0.394 e. The average molecular weight is 219 g/mol. The number of halogens is 2. The van der Waals surface area contributed by atoms with Gasteiger partial charge in [0.1, 0.15) is 12.2 Å². The summed E-state index contributed by atoms with van der Waals surface area (Å²) in [6.07, 6.45) is -0.159. The van der Waals surface area contributed by atoms with Gasteiger partial charge in [0.25, 0.3) is 0 Å². The monoisotopic (exact) mass is 218 g/mol. The number of hydrogen-bond acceptors (Lipinski definition) is 2. The van der Waals surface area contributed by atoms with E-state index in [0.717, 1.165) is 5.56 Å². The van der Waals surface area contributed by atoms with E-state index in [2.05, 4.69) is 0 Å². The number of aliphatic hydroxyl groups excluding tert-OH is 1. The Morgan fingerprint density at radius 2 is 2.15 bits per heavy atom. The van der Waals surface area contributed by atoms with Gasteiger partial charge in [-0.1, -0.05) is 29.3 Å². The molecule has 13 heavy (non-hydrogen) atoms. The molecule has 1 heterocycles. The third kappa shape index (κ3) is 1.81. The Hall–Kier alpha value is -0.280. The van der Waals surface area contributed by atoms with Crippen LogP contribution in [0, 0.1) is 0 Å². The summed E-state index contributed by atoms with van der Waals surface area (Å²) >= 11 is 11.7. The molecule has 1 aliphatic heterocycles. The van der Waals surface area contributed by atoms with Crippen LogP contribution < -0.4 is 0 Å². The van der Waals surface area contributed by atoms with Crippen LogP contribution >= 0.6 is 23.2 Å². The van der Waals surface area contributed by atoms with Crippen LogP contribution in [0.5, 0.6) is 0 Å². The van der Waals surface area contributed by atoms with Crippen LogP contribution in [-0.2, 0) is 4.74 Å². The second kappa shape index (κ2) is 3.46. The van der Waals surface area contributed by atoms with E-state index in [1.54, 1.807) is 12.1 Å². The number of hydrogen-bond donors (Lipinski definition) is 1. The van der Waals surface area contributed by atoms with Crippen LogP contribution in [0.2, 0.25) is 10.0 Å². The molecule has 1 aromatic carbocycles. The van der Waals surface area contributed by atoms with Gasteiger partial charge >= 0.3 is 0 Å². The van der Waals surface area contributed by atoms with E-state index in [4.69, 9.17) is 33.0 Å². The molecule has 0 aromatic heterocycles. The van der Waals surface area contributed by atoms with Crippen molar-refractivity contribution in [2.75, 3.05) is 6.61 Å². The van der Waals surface area contributed by atoms with Crippen molar-refractivity contribution in [3.63, 3.8) is 0 Å². The quantitative estimate of drug-likeness (QED) is 0.774. The lowest BCUT2D eigenvalue weighted by Gasteiger charge is -1.99. The van der Waals surface area contributed by atoms with Crippen molar-refractivity contribution in [1.82, 2.24) is 0 Å². The number of rotatable bonds is 2. The molecule has 1 aliphatic rings. The van der Waals surface area contributed by atoms with Gasteiger partial charge in [-0.2, -0.15) is 0 Å². The van der Waals surface area contributed by atoms with E-state index < -0.39 is 0 Å². The molecule has 0 radical (unpaired) electrons. The molecule has 1 aromatic rings. The fourth-order valence-corrected chi connectivity index (χ4v) is 1.80. The number of benzene rings is 1. The standard InChI is InChI=1S/C9H8Cl2O2/c10-5-1-2-6(7(11)3-5)9-8(4-12)13-9/h1-3,8-9,12H,4H2. The molecule has 2 unspecified atom stereocenters. The third-order valence-electron chi connectivity index (χ3n) is 2.03. The van der Waals surface area contributed by atoms with Crippen LogP contribution in [0.25, 0.3) is 0 Å². The van der Waals surface area contributed by atoms with Crippen molar-refractivity contribution < 1.29 is 9.84 Å². The Kier molecular flexibility index (Phi) is 2.47. The highest BCUT2D eigenvalue weighted by Crippen LogP contribution is 2.41. The van der Waals surface area contributed by atoms with Gasteiger partial charge in [0.15, 0.2) is 0 Å². The SMILES string of the molecule is OCC1OC1c1ccc(Cl)cc1Cl. The Morgan fingerprint density at radius 3 is 2.69 bits per heavy atom. The number of aliphatic hydroxyl groups is 1. The van der Waals surface area contributed by atoms with E-state index in [-0.39, 0.29) is 18.8 Å². The Bertz CT molecular complexity index is 327. The maximum Gasteiger partial charge on any atom is 0.113 e. The second-order valence-electron chi connectivity index (χ2n) is 2.94. The van der Waals surface area contributed by atoms with Crippen molar-refractivity contribution in [2.45, 2.75) is 12.2 Å². The zero-order valence-corrected chi connectivity index (χ0v) is 8.22. The summed E-state index contributed by atoms with van der Waals surface area (Å²) in [5.41, 5.74) is 0.894. The molecular weight excluding hydrogens is 211 g/mol. The van der Waals surface area contributed by atoms with Gasteiger partial charge in [-0.15, -0.1) is 0 Å². The minimum absolute atomic E-state index is 0.0314.